The number of aliphatic hydroxyl groups excluding tert-OH is 1. The summed E-state index contributed by atoms with van der Waals surface area (Å²) in [4.78, 5) is 2.49. The number of aryl methyl sites for hydroxylation is 1. The van der Waals surface area contributed by atoms with Gasteiger partial charge in [-0.05, 0) is 37.3 Å². The first-order chi connectivity index (χ1) is 10.0. The van der Waals surface area contributed by atoms with Gasteiger partial charge in [0.1, 0.15) is 0 Å². The third kappa shape index (κ3) is 3.09. The lowest BCUT2D eigenvalue weighted by Gasteiger charge is -2.24. The second-order valence-electron chi connectivity index (χ2n) is 7.14. The van der Waals surface area contributed by atoms with Crippen LogP contribution in [0.15, 0.2) is 18.2 Å². The van der Waals surface area contributed by atoms with E-state index in [9.17, 15) is 5.11 Å². The summed E-state index contributed by atoms with van der Waals surface area (Å²) in [5.41, 5.74) is 4.06. The first kappa shape index (κ1) is 14.9. The number of nitrogens with one attached hydrogen (secondary N) is 1. The lowest BCUT2D eigenvalue weighted by molar-refractivity contribution is 0.133. The molecule has 3 heteroatoms. The van der Waals surface area contributed by atoms with Gasteiger partial charge in [-0.25, -0.2) is 0 Å². The highest BCUT2D eigenvalue weighted by Crippen LogP contribution is 2.40. The van der Waals surface area contributed by atoms with Gasteiger partial charge in [0.25, 0.3) is 0 Å². The minimum atomic E-state index is -0.0808. The molecule has 0 aromatic heterocycles. The SMILES string of the molecule is Cc1ccc(N2CC3CCC(O)C3C2)c(CNC(C)C)c1. The number of nitrogens with zero attached hydrogens (tertiary/aromatic N) is 1. The number of anilines is 1. The zero-order valence-corrected chi connectivity index (χ0v) is 13.5. The quantitative estimate of drug-likeness (QED) is 0.894. The predicted octanol–water partition coefficient (Wildman–Crippen LogP) is 2.70. The van der Waals surface area contributed by atoms with Gasteiger partial charge in [0.05, 0.1) is 6.10 Å². The van der Waals surface area contributed by atoms with E-state index in [1.807, 2.05) is 0 Å². The van der Waals surface area contributed by atoms with E-state index in [2.05, 4.69) is 49.2 Å². The Kier molecular flexibility index (Phi) is 4.23. The number of fused-ring (bicyclic) bond motifs is 1. The summed E-state index contributed by atoms with van der Waals surface area (Å²) in [5, 5.41) is 13.7. The van der Waals surface area contributed by atoms with Gasteiger partial charge in [-0.1, -0.05) is 31.5 Å². The van der Waals surface area contributed by atoms with Gasteiger partial charge in [-0.3, -0.25) is 0 Å². The zero-order valence-electron chi connectivity index (χ0n) is 13.5. The van der Waals surface area contributed by atoms with Crippen LogP contribution in [0.3, 0.4) is 0 Å². The molecule has 1 aliphatic heterocycles. The zero-order chi connectivity index (χ0) is 15.0. The molecule has 3 unspecified atom stereocenters. The fourth-order valence-corrected chi connectivity index (χ4v) is 3.91. The molecule has 3 atom stereocenters. The van der Waals surface area contributed by atoms with Crippen LogP contribution < -0.4 is 10.2 Å². The van der Waals surface area contributed by atoms with Crippen LogP contribution in [0.4, 0.5) is 5.69 Å². The summed E-state index contributed by atoms with van der Waals surface area (Å²) < 4.78 is 0. The Balaban J connectivity index is 1.78. The highest BCUT2D eigenvalue weighted by molar-refractivity contribution is 5.56. The minimum absolute atomic E-state index is 0.0808. The molecule has 1 aromatic rings. The Morgan fingerprint density at radius 2 is 2.10 bits per heavy atom. The molecule has 116 valence electrons. The lowest BCUT2D eigenvalue weighted by Crippen LogP contribution is -2.27. The van der Waals surface area contributed by atoms with E-state index >= 15 is 0 Å². The van der Waals surface area contributed by atoms with Crippen LogP contribution in [0.2, 0.25) is 0 Å². The van der Waals surface area contributed by atoms with E-state index < -0.39 is 0 Å². The predicted molar refractivity (Wildman–Crippen MR) is 87.6 cm³/mol. The molecular weight excluding hydrogens is 260 g/mol. The van der Waals surface area contributed by atoms with Crippen molar-refractivity contribution in [2.24, 2.45) is 11.8 Å². The smallest absolute Gasteiger partial charge is 0.0588 e. The van der Waals surface area contributed by atoms with Crippen molar-refractivity contribution in [3.63, 3.8) is 0 Å². The van der Waals surface area contributed by atoms with Crippen LogP contribution in [0, 0.1) is 18.8 Å². The maximum Gasteiger partial charge on any atom is 0.0588 e. The standard InChI is InChI=1S/C18H28N2O/c1-12(2)19-9-15-8-13(3)4-6-17(15)20-10-14-5-7-18(21)16(14)11-20/h4,6,8,12,14,16,18-19,21H,5,7,9-11H2,1-3H3. The molecule has 0 radical (unpaired) electrons. The number of aliphatic hydroxyl groups is 1. The molecule has 21 heavy (non-hydrogen) atoms. The van der Waals surface area contributed by atoms with E-state index in [4.69, 9.17) is 0 Å². The molecule has 1 saturated heterocycles. The average molecular weight is 288 g/mol. The summed E-state index contributed by atoms with van der Waals surface area (Å²) in [5.74, 6) is 1.17. The van der Waals surface area contributed by atoms with Crippen molar-refractivity contribution in [1.29, 1.82) is 0 Å². The summed E-state index contributed by atoms with van der Waals surface area (Å²) in [6.45, 7) is 9.58. The monoisotopic (exact) mass is 288 g/mol. The molecule has 3 nitrogen and oxygen atoms in total. The summed E-state index contributed by atoms with van der Waals surface area (Å²) in [6.07, 6.45) is 2.11. The summed E-state index contributed by atoms with van der Waals surface area (Å²) in [7, 11) is 0. The molecule has 2 N–H and O–H groups in total. The molecule has 1 saturated carbocycles. The van der Waals surface area contributed by atoms with Crippen LogP contribution in [-0.4, -0.2) is 30.3 Å². The van der Waals surface area contributed by atoms with E-state index in [0.29, 0.717) is 17.9 Å². The molecular formula is C18H28N2O. The van der Waals surface area contributed by atoms with Gasteiger partial charge in [-0.2, -0.15) is 0 Å². The lowest BCUT2D eigenvalue weighted by atomic mass is 10.00. The Morgan fingerprint density at radius 3 is 2.81 bits per heavy atom. The van der Waals surface area contributed by atoms with E-state index in [-0.39, 0.29) is 6.10 Å². The van der Waals surface area contributed by atoms with Crippen LogP contribution >= 0.6 is 0 Å². The average Bonchev–Trinajstić information content (AvgIpc) is 2.99. The van der Waals surface area contributed by atoms with Crippen LogP contribution in [0.25, 0.3) is 0 Å². The van der Waals surface area contributed by atoms with Crippen molar-refractivity contribution < 1.29 is 5.11 Å². The Hall–Kier alpha value is -1.06. The molecule has 2 fully saturated rings. The van der Waals surface area contributed by atoms with Crippen molar-refractivity contribution in [2.75, 3.05) is 18.0 Å². The van der Waals surface area contributed by atoms with Crippen molar-refractivity contribution in [1.82, 2.24) is 5.32 Å². The Labute approximate surface area is 128 Å². The van der Waals surface area contributed by atoms with E-state index in [1.54, 1.807) is 0 Å². The summed E-state index contributed by atoms with van der Waals surface area (Å²) >= 11 is 0. The number of benzene rings is 1. The van der Waals surface area contributed by atoms with E-state index in [0.717, 1.165) is 26.1 Å². The van der Waals surface area contributed by atoms with E-state index in [1.165, 1.54) is 23.2 Å². The molecule has 3 rings (SSSR count). The molecule has 1 aromatic carbocycles. The number of hydrogen-bond donors (Lipinski definition) is 2. The highest BCUT2D eigenvalue weighted by atomic mass is 16.3. The van der Waals surface area contributed by atoms with Gasteiger partial charge in [0.2, 0.25) is 0 Å². The fourth-order valence-electron chi connectivity index (χ4n) is 3.91. The molecule has 1 aliphatic carbocycles. The topological polar surface area (TPSA) is 35.5 Å². The van der Waals surface area contributed by atoms with Gasteiger partial charge < -0.3 is 15.3 Å². The first-order valence-corrected chi connectivity index (χ1v) is 8.30. The third-order valence-electron chi connectivity index (χ3n) is 5.10. The molecule has 0 spiro atoms. The van der Waals surface area contributed by atoms with Crippen molar-refractivity contribution in [2.45, 2.75) is 52.3 Å². The van der Waals surface area contributed by atoms with Crippen LogP contribution in [0.1, 0.15) is 37.8 Å². The van der Waals surface area contributed by atoms with Crippen LogP contribution in [-0.2, 0) is 6.54 Å². The van der Waals surface area contributed by atoms with Crippen molar-refractivity contribution in [3.8, 4) is 0 Å². The highest BCUT2D eigenvalue weighted by Gasteiger charge is 2.42. The first-order valence-electron chi connectivity index (χ1n) is 8.30. The van der Waals surface area contributed by atoms with Gasteiger partial charge in [0.15, 0.2) is 0 Å². The Bertz CT molecular complexity index is 500. The van der Waals surface area contributed by atoms with Gasteiger partial charge >= 0.3 is 0 Å². The Morgan fingerprint density at radius 1 is 1.29 bits per heavy atom. The summed E-state index contributed by atoms with van der Waals surface area (Å²) in [6, 6.07) is 7.27. The minimum Gasteiger partial charge on any atom is -0.393 e. The number of hydrogen-bond acceptors (Lipinski definition) is 3. The fraction of sp³-hybridized carbons (Fsp3) is 0.667. The molecule has 1 heterocycles. The van der Waals surface area contributed by atoms with Crippen molar-refractivity contribution >= 4 is 5.69 Å². The number of rotatable bonds is 4. The van der Waals surface area contributed by atoms with Crippen LogP contribution in [0.5, 0.6) is 0 Å². The maximum atomic E-state index is 10.1. The second kappa shape index (κ2) is 5.98. The molecule has 0 bridgehead atoms. The van der Waals surface area contributed by atoms with Gasteiger partial charge in [-0.15, -0.1) is 0 Å². The third-order valence-corrected chi connectivity index (χ3v) is 5.10. The van der Waals surface area contributed by atoms with Crippen molar-refractivity contribution in [3.05, 3.63) is 29.3 Å². The largest absolute Gasteiger partial charge is 0.393 e. The normalized spacial score (nSPS) is 28.4. The molecule has 2 aliphatic rings. The second-order valence-corrected chi connectivity index (χ2v) is 7.14. The maximum absolute atomic E-state index is 10.1. The molecule has 0 amide bonds. The van der Waals surface area contributed by atoms with Gasteiger partial charge in [0, 0.05) is 37.3 Å².